The van der Waals surface area contributed by atoms with Crippen molar-refractivity contribution in [2.45, 2.75) is 6.92 Å². The van der Waals surface area contributed by atoms with Crippen LogP contribution in [-0.4, -0.2) is 35.6 Å². The van der Waals surface area contributed by atoms with Crippen molar-refractivity contribution < 1.29 is 14.7 Å². The summed E-state index contributed by atoms with van der Waals surface area (Å²) in [5, 5.41) is 19.9. The number of carboxylic acid groups (broad SMARTS) is 1. The molecule has 0 fully saturated rings. The Balaban J connectivity index is 1.76. The highest BCUT2D eigenvalue weighted by Gasteiger charge is 2.13. The zero-order valence-corrected chi connectivity index (χ0v) is 17.3. The summed E-state index contributed by atoms with van der Waals surface area (Å²) in [5.41, 5.74) is 1.94. The number of carbonyl (C=O) groups is 2. The normalized spacial score (nSPS) is 11.8. The minimum absolute atomic E-state index is 0.0864. The van der Waals surface area contributed by atoms with Crippen LogP contribution in [0.5, 0.6) is 0 Å². The van der Waals surface area contributed by atoms with E-state index < -0.39 is 5.97 Å². The fraction of sp³-hybridized carbons (Fsp3) is 0.125. The van der Waals surface area contributed by atoms with Gasteiger partial charge in [0, 0.05) is 30.9 Å². The van der Waals surface area contributed by atoms with Crippen molar-refractivity contribution in [2.24, 2.45) is 0 Å². The van der Waals surface area contributed by atoms with Crippen LogP contribution in [0.15, 0.2) is 84.2 Å². The van der Waals surface area contributed by atoms with Gasteiger partial charge in [-0.3, -0.25) is 4.79 Å². The molecule has 7 nitrogen and oxygen atoms in total. The van der Waals surface area contributed by atoms with Crippen molar-refractivity contribution in [2.75, 3.05) is 24.2 Å². The SMILES string of the molecule is C/C=C(\C=C(/NC)C(=O)O)CNc1ccccc1C(=O)Nc1cc2ccccc2cn1. The summed E-state index contributed by atoms with van der Waals surface area (Å²) >= 11 is 0. The molecule has 31 heavy (non-hydrogen) atoms. The quantitative estimate of drug-likeness (QED) is 0.327. The number of fused-ring (bicyclic) bond motifs is 1. The van der Waals surface area contributed by atoms with Crippen molar-refractivity contribution in [3.63, 3.8) is 0 Å². The number of aromatic nitrogens is 1. The Hall–Kier alpha value is -4.13. The Bertz CT molecular complexity index is 1170. The third-order valence-corrected chi connectivity index (χ3v) is 4.73. The molecule has 2 aromatic carbocycles. The lowest BCUT2D eigenvalue weighted by atomic mass is 10.1. The van der Waals surface area contributed by atoms with Crippen LogP contribution in [0.4, 0.5) is 11.5 Å². The predicted molar refractivity (Wildman–Crippen MR) is 123 cm³/mol. The van der Waals surface area contributed by atoms with Crippen molar-refractivity contribution >= 4 is 34.2 Å². The van der Waals surface area contributed by atoms with E-state index in [-0.39, 0.29) is 11.6 Å². The molecule has 0 atom stereocenters. The molecule has 4 N–H and O–H groups in total. The Morgan fingerprint density at radius 3 is 2.48 bits per heavy atom. The van der Waals surface area contributed by atoms with E-state index in [9.17, 15) is 14.7 Å². The summed E-state index contributed by atoms with van der Waals surface area (Å²) in [5.74, 6) is -0.856. The number of nitrogens with zero attached hydrogens (tertiary/aromatic N) is 1. The number of rotatable bonds is 8. The minimum Gasteiger partial charge on any atom is -0.477 e. The van der Waals surface area contributed by atoms with Crippen LogP contribution in [0.2, 0.25) is 0 Å². The molecule has 3 rings (SSSR count). The number of carbonyl (C=O) groups excluding carboxylic acids is 1. The van der Waals surface area contributed by atoms with Gasteiger partial charge in [-0.05, 0) is 42.2 Å². The first-order valence-electron chi connectivity index (χ1n) is 9.78. The van der Waals surface area contributed by atoms with Crippen molar-refractivity contribution in [1.29, 1.82) is 0 Å². The number of benzene rings is 2. The van der Waals surface area contributed by atoms with Crippen LogP contribution in [0.3, 0.4) is 0 Å². The summed E-state index contributed by atoms with van der Waals surface area (Å²) in [6, 6.07) is 16.8. The minimum atomic E-state index is -1.04. The fourth-order valence-corrected chi connectivity index (χ4v) is 3.03. The molecule has 3 aromatic rings. The molecule has 0 aliphatic heterocycles. The topological polar surface area (TPSA) is 103 Å². The monoisotopic (exact) mass is 416 g/mol. The number of pyridine rings is 1. The van der Waals surface area contributed by atoms with Crippen LogP contribution in [0.25, 0.3) is 10.8 Å². The van der Waals surface area contributed by atoms with Crippen molar-refractivity contribution in [3.8, 4) is 0 Å². The lowest BCUT2D eigenvalue weighted by molar-refractivity contribution is -0.133. The van der Waals surface area contributed by atoms with E-state index in [1.807, 2.05) is 49.4 Å². The Kier molecular flexibility index (Phi) is 7.01. The van der Waals surface area contributed by atoms with Gasteiger partial charge in [0.25, 0.3) is 5.91 Å². The van der Waals surface area contributed by atoms with E-state index in [2.05, 4.69) is 20.9 Å². The molecule has 0 unspecified atom stereocenters. The van der Waals surface area contributed by atoms with Crippen LogP contribution in [0.1, 0.15) is 17.3 Å². The molecule has 158 valence electrons. The Morgan fingerprint density at radius 2 is 1.77 bits per heavy atom. The molecule has 0 spiro atoms. The molecule has 0 saturated heterocycles. The second-order valence-corrected chi connectivity index (χ2v) is 6.75. The highest BCUT2D eigenvalue weighted by molar-refractivity contribution is 6.08. The third kappa shape index (κ3) is 5.48. The van der Waals surface area contributed by atoms with E-state index >= 15 is 0 Å². The molecular formula is C24H24N4O3. The van der Waals surface area contributed by atoms with Crippen LogP contribution < -0.4 is 16.0 Å². The number of hydrogen-bond acceptors (Lipinski definition) is 5. The third-order valence-electron chi connectivity index (χ3n) is 4.73. The van der Waals surface area contributed by atoms with E-state index in [1.165, 1.54) is 0 Å². The molecule has 1 aromatic heterocycles. The second kappa shape index (κ2) is 10.1. The molecule has 0 radical (unpaired) electrons. The first-order chi connectivity index (χ1) is 15.0. The summed E-state index contributed by atoms with van der Waals surface area (Å²) in [7, 11) is 1.56. The smallest absolute Gasteiger partial charge is 0.351 e. The van der Waals surface area contributed by atoms with E-state index in [0.717, 1.165) is 16.3 Å². The molecule has 0 saturated carbocycles. The van der Waals surface area contributed by atoms with Gasteiger partial charge >= 0.3 is 5.97 Å². The number of amides is 1. The van der Waals surface area contributed by atoms with Crippen LogP contribution in [-0.2, 0) is 4.79 Å². The first-order valence-corrected chi connectivity index (χ1v) is 9.78. The van der Waals surface area contributed by atoms with Gasteiger partial charge in [0.05, 0.1) is 5.56 Å². The van der Waals surface area contributed by atoms with Gasteiger partial charge in [0.1, 0.15) is 11.5 Å². The fourth-order valence-electron chi connectivity index (χ4n) is 3.03. The van der Waals surface area contributed by atoms with Gasteiger partial charge in [-0.15, -0.1) is 0 Å². The van der Waals surface area contributed by atoms with Gasteiger partial charge < -0.3 is 21.1 Å². The van der Waals surface area contributed by atoms with Crippen molar-refractivity contribution in [3.05, 3.63) is 89.8 Å². The maximum absolute atomic E-state index is 12.9. The lowest BCUT2D eigenvalue weighted by Gasteiger charge is -2.13. The van der Waals surface area contributed by atoms with Gasteiger partial charge in [-0.1, -0.05) is 42.5 Å². The largest absolute Gasteiger partial charge is 0.477 e. The van der Waals surface area contributed by atoms with E-state index in [1.54, 1.807) is 37.5 Å². The first kappa shape index (κ1) is 21.6. The standard InChI is InChI=1S/C24H24N4O3/c1-3-16(12-21(25-2)24(30)31)14-26-20-11-7-6-10-19(20)23(29)28-22-13-17-8-4-5-9-18(17)15-27-22/h3-13,15,25-26H,14H2,1-2H3,(H,30,31)(H,27,28,29)/b16-3+,21-12-. The zero-order chi connectivity index (χ0) is 22.2. The highest BCUT2D eigenvalue weighted by Crippen LogP contribution is 2.20. The second-order valence-electron chi connectivity index (χ2n) is 6.75. The molecular weight excluding hydrogens is 392 g/mol. The average molecular weight is 416 g/mol. The summed E-state index contributed by atoms with van der Waals surface area (Å²) in [6.45, 7) is 2.18. The summed E-state index contributed by atoms with van der Waals surface area (Å²) < 4.78 is 0. The van der Waals surface area contributed by atoms with Crippen molar-refractivity contribution in [1.82, 2.24) is 10.3 Å². The lowest BCUT2D eigenvalue weighted by Crippen LogP contribution is -2.18. The number of nitrogens with one attached hydrogen (secondary N) is 3. The Labute approximate surface area is 180 Å². The summed E-state index contributed by atoms with van der Waals surface area (Å²) in [4.78, 5) is 28.4. The predicted octanol–water partition coefficient (Wildman–Crippen LogP) is 4.03. The number of para-hydroxylation sites is 1. The molecule has 0 aliphatic rings. The van der Waals surface area contributed by atoms with Gasteiger partial charge in [-0.25, -0.2) is 9.78 Å². The number of allylic oxidation sites excluding steroid dienone is 1. The Morgan fingerprint density at radius 1 is 1.06 bits per heavy atom. The van der Waals surface area contributed by atoms with E-state index in [0.29, 0.717) is 23.6 Å². The van der Waals surface area contributed by atoms with Crippen LogP contribution in [0, 0.1) is 0 Å². The highest BCUT2D eigenvalue weighted by atomic mass is 16.4. The van der Waals surface area contributed by atoms with Gasteiger partial charge in [-0.2, -0.15) is 0 Å². The number of hydrogen-bond donors (Lipinski definition) is 4. The molecule has 1 heterocycles. The van der Waals surface area contributed by atoms with Gasteiger partial charge in [0.2, 0.25) is 0 Å². The average Bonchev–Trinajstić information content (AvgIpc) is 2.79. The van der Waals surface area contributed by atoms with Crippen LogP contribution >= 0.6 is 0 Å². The number of likely N-dealkylation sites (N-methyl/N-ethyl adjacent to an activating group) is 1. The van der Waals surface area contributed by atoms with E-state index in [4.69, 9.17) is 0 Å². The number of aliphatic carboxylic acids is 1. The molecule has 0 aliphatic carbocycles. The summed E-state index contributed by atoms with van der Waals surface area (Å²) in [6.07, 6.45) is 5.09. The molecule has 0 bridgehead atoms. The number of anilines is 2. The zero-order valence-electron chi connectivity index (χ0n) is 17.3. The maximum Gasteiger partial charge on any atom is 0.351 e. The molecule has 1 amide bonds. The maximum atomic E-state index is 12.9. The van der Waals surface area contributed by atoms with Gasteiger partial charge in [0.15, 0.2) is 0 Å². The number of carboxylic acids is 1. The molecule has 7 heteroatoms.